The highest BCUT2D eigenvalue weighted by Crippen LogP contribution is 2.36. The summed E-state index contributed by atoms with van der Waals surface area (Å²) in [6.45, 7) is 0. The Hall–Kier alpha value is -2.25. The Labute approximate surface area is 145 Å². The van der Waals surface area contributed by atoms with Crippen LogP contribution in [0.5, 0.6) is 11.5 Å². The second-order valence-corrected chi connectivity index (χ2v) is 7.37. The molecule has 1 N–H and O–H groups in total. The number of hydrogen-bond acceptors (Lipinski definition) is 5. The van der Waals surface area contributed by atoms with Crippen molar-refractivity contribution in [2.45, 2.75) is 4.90 Å². The van der Waals surface area contributed by atoms with Crippen molar-refractivity contribution >= 4 is 33.0 Å². The average molecular weight is 370 g/mol. The molecule has 0 spiro atoms. The lowest BCUT2D eigenvalue weighted by molar-refractivity contribution is 0.102. The van der Waals surface area contributed by atoms with Crippen molar-refractivity contribution in [2.24, 2.45) is 0 Å². The van der Waals surface area contributed by atoms with Crippen LogP contribution in [0.2, 0.25) is 5.02 Å². The third kappa shape index (κ3) is 3.98. The van der Waals surface area contributed by atoms with E-state index in [1.54, 1.807) is 12.1 Å². The minimum Gasteiger partial charge on any atom is -0.493 e. The van der Waals surface area contributed by atoms with E-state index in [9.17, 15) is 13.2 Å². The zero-order chi connectivity index (χ0) is 17.9. The van der Waals surface area contributed by atoms with Crippen LogP contribution in [0.4, 0.5) is 5.69 Å². The normalized spacial score (nSPS) is 11.0. The molecule has 24 heavy (non-hydrogen) atoms. The molecule has 8 heteroatoms. The number of anilines is 1. The van der Waals surface area contributed by atoms with Gasteiger partial charge in [0.05, 0.1) is 24.1 Å². The van der Waals surface area contributed by atoms with Crippen LogP contribution in [0.3, 0.4) is 0 Å². The zero-order valence-electron chi connectivity index (χ0n) is 13.3. The molecule has 0 atom stereocenters. The van der Waals surface area contributed by atoms with E-state index in [0.29, 0.717) is 17.2 Å². The Balaban J connectivity index is 2.32. The highest BCUT2D eigenvalue weighted by Gasteiger charge is 2.16. The first-order valence-corrected chi connectivity index (χ1v) is 9.06. The van der Waals surface area contributed by atoms with E-state index < -0.39 is 15.7 Å². The summed E-state index contributed by atoms with van der Waals surface area (Å²) in [5.41, 5.74) is 0.608. The van der Waals surface area contributed by atoms with Crippen molar-refractivity contribution in [3.05, 3.63) is 47.0 Å². The van der Waals surface area contributed by atoms with Crippen LogP contribution < -0.4 is 14.8 Å². The maximum Gasteiger partial charge on any atom is 0.255 e. The number of benzene rings is 2. The molecule has 0 aromatic heterocycles. The van der Waals surface area contributed by atoms with Crippen LogP contribution in [0.1, 0.15) is 10.4 Å². The lowest BCUT2D eigenvalue weighted by atomic mass is 10.1. The van der Waals surface area contributed by atoms with Crippen LogP contribution in [0.25, 0.3) is 0 Å². The first-order chi connectivity index (χ1) is 11.3. The Morgan fingerprint density at radius 1 is 1.12 bits per heavy atom. The second-order valence-electron chi connectivity index (χ2n) is 4.95. The standard InChI is InChI=1S/C16H16ClNO5S/c1-22-14-8-10(7-13(17)15(14)23-2)16(19)18-11-5-4-6-12(9-11)24(3,20)21/h4-9H,1-3H3,(H,18,19). The van der Waals surface area contributed by atoms with Crippen molar-refractivity contribution in [2.75, 3.05) is 25.8 Å². The Morgan fingerprint density at radius 3 is 2.42 bits per heavy atom. The summed E-state index contributed by atoms with van der Waals surface area (Å²) in [5, 5.41) is 2.86. The highest BCUT2D eigenvalue weighted by atomic mass is 35.5. The number of hydrogen-bond donors (Lipinski definition) is 1. The van der Waals surface area contributed by atoms with E-state index in [-0.39, 0.29) is 15.5 Å². The van der Waals surface area contributed by atoms with Gasteiger partial charge in [0.15, 0.2) is 21.3 Å². The van der Waals surface area contributed by atoms with Gasteiger partial charge >= 0.3 is 0 Å². The van der Waals surface area contributed by atoms with Crippen molar-refractivity contribution in [1.82, 2.24) is 0 Å². The molecule has 0 fully saturated rings. The largest absolute Gasteiger partial charge is 0.493 e. The summed E-state index contributed by atoms with van der Waals surface area (Å²) in [6.07, 6.45) is 1.10. The van der Waals surface area contributed by atoms with Crippen LogP contribution >= 0.6 is 11.6 Å². The summed E-state index contributed by atoms with van der Waals surface area (Å²) >= 11 is 6.08. The molecule has 0 aliphatic carbocycles. The van der Waals surface area contributed by atoms with Gasteiger partial charge in [0.1, 0.15) is 0 Å². The van der Waals surface area contributed by atoms with Crippen LogP contribution in [-0.4, -0.2) is 34.8 Å². The van der Waals surface area contributed by atoms with E-state index >= 15 is 0 Å². The molecule has 0 unspecified atom stereocenters. The molecule has 128 valence electrons. The number of ether oxygens (including phenoxy) is 2. The van der Waals surface area contributed by atoms with Crippen LogP contribution in [-0.2, 0) is 9.84 Å². The summed E-state index contributed by atoms with van der Waals surface area (Å²) in [6, 6.07) is 8.91. The van der Waals surface area contributed by atoms with Gasteiger partial charge in [-0.05, 0) is 30.3 Å². The second kappa shape index (κ2) is 7.11. The van der Waals surface area contributed by atoms with Gasteiger partial charge in [0, 0.05) is 17.5 Å². The lowest BCUT2D eigenvalue weighted by Crippen LogP contribution is -2.13. The molecule has 0 saturated heterocycles. The quantitative estimate of drug-likeness (QED) is 0.876. The molecule has 1 amide bonds. The van der Waals surface area contributed by atoms with Crippen molar-refractivity contribution < 1.29 is 22.7 Å². The zero-order valence-corrected chi connectivity index (χ0v) is 14.9. The fourth-order valence-corrected chi connectivity index (χ4v) is 3.01. The molecule has 0 radical (unpaired) electrons. The molecule has 0 saturated carbocycles. The third-order valence-corrected chi connectivity index (χ3v) is 4.61. The van der Waals surface area contributed by atoms with Gasteiger partial charge in [0.2, 0.25) is 0 Å². The molecule has 2 aromatic carbocycles. The lowest BCUT2D eigenvalue weighted by Gasteiger charge is -2.12. The Kier molecular flexibility index (Phi) is 5.36. The van der Waals surface area contributed by atoms with Gasteiger partial charge < -0.3 is 14.8 Å². The molecule has 0 heterocycles. The van der Waals surface area contributed by atoms with Crippen LogP contribution in [0, 0.1) is 0 Å². The number of rotatable bonds is 5. The predicted molar refractivity (Wildman–Crippen MR) is 92.1 cm³/mol. The fraction of sp³-hybridized carbons (Fsp3) is 0.188. The molecular formula is C16H16ClNO5S. The minimum atomic E-state index is -3.36. The molecule has 6 nitrogen and oxygen atoms in total. The van der Waals surface area contributed by atoms with Gasteiger partial charge in [-0.3, -0.25) is 4.79 Å². The number of halogens is 1. The van der Waals surface area contributed by atoms with Gasteiger partial charge in [-0.1, -0.05) is 17.7 Å². The van der Waals surface area contributed by atoms with E-state index in [0.717, 1.165) is 6.26 Å². The SMILES string of the molecule is COc1cc(C(=O)Nc2cccc(S(C)(=O)=O)c2)cc(Cl)c1OC. The number of carbonyl (C=O) groups is 1. The number of carbonyl (C=O) groups excluding carboxylic acids is 1. The third-order valence-electron chi connectivity index (χ3n) is 3.22. The van der Waals surface area contributed by atoms with E-state index in [1.165, 1.54) is 38.5 Å². The minimum absolute atomic E-state index is 0.116. The summed E-state index contributed by atoms with van der Waals surface area (Å²) in [7, 11) is -0.481. The van der Waals surface area contributed by atoms with Gasteiger partial charge in [-0.15, -0.1) is 0 Å². The summed E-state index contributed by atoms with van der Waals surface area (Å²) in [5.74, 6) is 0.193. The van der Waals surface area contributed by atoms with Crippen molar-refractivity contribution in [3.8, 4) is 11.5 Å². The Morgan fingerprint density at radius 2 is 1.83 bits per heavy atom. The highest BCUT2D eigenvalue weighted by molar-refractivity contribution is 7.90. The van der Waals surface area contributed by atoms with E-state index in [2.05, 4.69) is 5.32 Å². The number of amides is 1. The van der Waals surface area contributed by atoms with Crippen molar-refractivity contribution in [3.63, 3.8) is 0 Å². The maximum absolute atomic E-state index is 12.4. The molecule has 2 rings (SSSR count). The van der Waals surface area contributed by atoms with E-state index in [1.807, 2.05) is 0 Å². The summed E-state index contributed by atoms with van der Waals surface area (Å²) < 4.78 is 33.4. The molecule has 0 bridgehead atoms. The first kappa shape index (κ1) is 18.1. The maximum atomic E-state index is 12.4. The number of sulfone groups is 1. The van der Waals surface area contributed by atoms with Gasteiger partial charge in [-0.25, -0.2) is 8.42 Å². The average Bonchev–Trinajstić information content (AvgIpc) is 2.53. The number of methoxy groups -OCH3 is 2. The number of nitrogens with one attached hydrogen (secondary N) is 1. The van der Waals surface area contributed by atoms with E-state index in [4.69, 9.17) is 21.1 Å². The van der Waals surface area contributed by atoms with Gasteiger partial charge in [0.25, 0.3) is 5.91 Å². The summed E-state index contributed by atoms with van der Waals surface area (Å²) in [4.78, 5) is 12.5. The van der Waals surface area contributed by atoms with Crippen molar-refractivity contribution in [1.29, 1.82) is 0 Å². The Bertz CT molecular complexity index is 880. The molecular weight excluding hydrogens is 354 g/mol. The molecule has 0 aliphatic rings. The predicted octanol–water partition coefficient (Wildman–Crippen LogP) is 3.01. The molecule has 0 aliphatic heterocycles. The van der Waals surface area contributed by atoms with Crippen LogP contribution in [0.15, 0.2) is 41.3 Å². The topological polar surface area (TPSA) is 81.7 Å². The van der Waals surface area contributed by atoms with Gasteiger partial charge in [-0.2, -0.15) is 0 Å². The first-order valence-electron chi connectivity index (χ1n) is 6.79. The fourth-order valence-electron chi connectivity index (χ4n) is 2.06. The monoisotopic (exact) mass is 369 g/mol. The molecule has 2 aromatic rings. The smallest absolute Gasteiger partial charge is 0.255 e.